The van der Waals surface area contributed by atoms with E-state index in [4.69, 9.17) is 0 Å². The maximum absolute atomic E-state index is 12.8. The summed E-state index contributed by atoms with van der Waals surface area (Å²) in [6.07, 6.45) is -4.34. The SMILES string of the molecule is CCn1c(SCC(=O)c2cc(C)n(CC(F)(F)F)c2C)nnc1-c1ccccc1. The lowest BCUT2D eigenvalue weighted by molar-refractivity contribution is -0.141. The molecule has 0 atom stereocenters. The summed E-state index contributed by atoms with van der Waals surface area (Å²) in [6, 6.07) is 11.1. The number of carbonyl (C=O) groups is 1. The first-order valence-corrected chi connectivity index (χ1v) is 10.1. The van der Waals surface area contributed by atoms with E-state index in [1.807, 2.05) is 41.8 Å². The Morgan fingerprint density at radius 1 is 1.10 bits per heavy atom. The van der Waals surface area contributed by atoms with Gasteiger partial charge in [0.1, 0.15) is 6.54 Å². The third-order valence-electron chi connectivity index (χ3n) is 4.61. The predicted octanol–water partition coefficient (Wildman–Crippen LogP) is 4.92. The lowest BCUT2D eigenvalue weighted by atomic mass is 10.2. The van der Waals surface area contributed by atoms with Crippen molar-refractivity contribution in [3.63, 3.8) is 0 Å². The Bertz CT molecular complexity index is 1010. The molecule has 3 aromatic rings. The van der Waals surface area contributed by atoms with Gasteiger partial charge in [0.15, 0.2) is 16.8 Å². The lowest BCUT2D eigenvalue weighted by Gasteiger charge is -2.12. The number of carbonyl (C=O) groups excluding carboxylic acids is 1. The Morgan fingerprint density at radius 2 is 1.79 bits per heavy atom. The highest BCUT2D eigenvalue weighted by molar-refractivity contribution is 7.99. The van der Waals surface area contributed by atoms with Crippen LogP contribution in [-0.2, 0) is 13.1 Å². The number of benzene rings is 1. The fourth-order valence-electron chi connectivity index (χ4n) is 3.20. The van der Waals surface area contributed by atoms with Crippen LogP contribution < -0.4 is 0 Å². The van der Waals surface area contributed by atoms with Crippen molar-refractivity contribution in [2.45, 2.75) is 45.2 Å². The van der Waals surface area contributed by atoms with Crippen molar-refractivity contribution in [1.29, 1.82) is 0 Å². The van der Waals surface area contributed by atoms with Gasteiger partial charge >= 0.3 is 6.18 Å². The van der Waals surface area contributed by atoms with E-state index in [1.54, 1.807) is 13.8 Å². The molecule has 0 N–H and O–H groups in total. The van der Waals surface area contributed by atoms with E-state index in [0.717, 1.165) is 10.1 Å². The highest BCUT2D eigenvalue weighted by Crippen LogP contribution is 2.27. The van der Waals surface area contributed by atoms with Crippen LogP contribution in [0, 0.1) is 13.8 Å². The second-order valence-corrected chi connectivity index (χ2v) is 7.56. The molecule has 5 nitrogen and oxygen atoms in total. The van der Waals surface area contributed by atoms with Gasteiger partial charge in [-0.15, -0.1) is 10.2 Å². The summed E-state index contributed by atoms with van der Waals surface area (Å²) >= 11 is 1.24. The number of thioether (sulfide) groups is 1. The molecule has 0 saturated carbocycles. The molecule has 0 radical (unpaired) electrons. The summed E-state index contributed by atoms with van der Waals surface area (Å²) in [5.41, 5.74) is 1.98. The number of aryl methyl sites for hydroxylation is 1. The molecule has 0 amide bonds. The molecule has 29 heavy (non-hydrogen) atoms. The fraction of sp³-hybridized carbons (Fsp3) is 0.350. The first-order chi connectivity index (χ1) is 13.7. The Hall–Kier alpha value is -2.55. The van der Waals surface area contributed by atoms with Crippen LogP contribution in [0.2, 0.25) is 0 Å². The summed E-state index contributed by atoms with van der Waals surface area (Å²) in [6.45, 7) is 4.61. The standard InChI is InChI=1S/C20H21F3N4OS/c1-4-26-18(15-8-6-5-7-9-15)24-25-19(26)29-11-17(28)16-10-13(2)27(14(16)3)12-20(21,22)23/h5-10H,4,11-12H2,1-3H3. The van der Waals surface area contributed by atoms with Crippen molar-refractivity contribution in [2.24, 2.45) is 0 Å². The van der Waals surface area contributed by atoms with Gasteiger partial charge in [0.05, 0.1) is 5.75 Å². The van der Waals surface area contributed by atoms with Crippen LogP contribution in [0.3, 0.4) is 0 Å². The maximum atomic E-state index is 12.8. The highest BCUT2D eigenvalue weighted by atomic mass is 32.2. The average Bonchev–Trinajstić information content (AvgIpc) is 3.21. The number of hydrogen-bond donors (Lipinski definition) is 0. The van der Waals surface area contributed by atoms with E-state index in [1.165, 1.54) is 17.8 Å². The highest BCUT2D eigenvalue weighted by Gasteiger charge is 2.30. The Balaban J connectivity index is 1.77. The second kappa shape index (κ2) is 8.44. The van der Waals surface area contributed by atoms with Crippen LogP contribution in [0.4, 0.5) is 13.2 Å². The van der Waals surface area contributed by atoms with Gasteiger partial charge in [-0.25, -0.2) is 0 Å². The number of hydrogen-bond acceptors (Lipinski definition) is 4. The number of nitrogens with zero attached hydrogens (tertiary/aromatic N) is 4. The predicted molar refractivity (Wildman–Crippen MR) is 106 cm³/mol. The molecule has 0 spiro atoms. The number of alkyl halides is 3. The third-order valence-corrected chi connectivity index (χ3v) is 5.58. The lowest BCUT2D eigenvalue weighted by Crippen LogP contribution is -2.19. The van der Waals surface area contributed by atoms with Crippen molar-refractivity contribution in [1.82, 2.24) is 19.3 Å². The number of halogens is 3. The molecule has 0 saturated heterocycles. The van der Waals surface area contributed by atoms with E-state index in [0.29, 0.717) is 34.5 Å². The zero-order valence-corrected chi connectivity index (χ0v) is 17.1. The topological polar surface area (TPSA) is 52.7 Å². The van der Waals surface area contributed by atoms with Crippen LogP contribution in [-0.4, -0.2) is 37.0 Å². The molecule has 0 aliphatic carbocycles. The summed E-state index contributed by atoms with van der Waals surface area (Å²) in [4.78, 5) is 12.7. The molecule has 9 heteroatoms. The van der Waals surface area contributed by atoms with E-state index in [2.05, 4.69) is 10.2 Å². The van der Waals surface area contributed by atoms with E-state index < -0.39 is 12.7 Å². The number of rotatable bonds is 7. The Kier molecular flexibility index (Phi) is 6.16. The maximum Gasteiger partial charge on any atom is 0.406 e. The minimum atomic E-state index is -4.34. The number of Topliss-reactive ketones (excluding diaryl/α,β-unsaturated/α-hetero) is 1. The molecule has 0 aliphatic heterocycles. The molecule has 0 unspecified atom stereocenters. The monoisotopic (exact) mass is 422 g/mol. The van der Waals surface area contributed by atoms with Crippen LogP contribution in [0.25, 0.3) is 11.4 Å². The molecule has 2 heterocycles. The van der Waals surface area contributed by atoms with Gasteiger partial charge < -0.3 is 9.13 Å². The second-order valence-electron chi connectivity index (χ2n) is 6.61. The van der Waals surface area contributed by atoms with Gasteiger partial charge in [0.25, 0.3) is 0 Å². The molecule has 2 aromatic heterocycles. The fourth-order valence-corrected chi connectivity index (χ4v) is 4.08. The zero-order chi connectivity index (χ0) is 21.2. The molecular formula is C20H21F3N4OS. The molecule has 1 aromatic carbocycles. The molecular weight excluding hydrogens is 401 g/mol. The van der Waals surface area contributed by atoms with Gasteiger partial charge in [-0.2, -0.15) is 13.2 Å². The van der Waals surface area contributed by atoms with E-state index in [-0.39, 0.29) is 11.5 Å². The number of aromatic nitrogens is 4. The van der Waals surface area contributed by atoms with Crippen molar-refractivity contribution in [2.75, 3.05) is 5.75 Å². The van der Waals surface area contributed by atoms with Crippen molar-refractivity contribution >= 4 is 17.5 Å². The minimum absolute atomic E-state index is 0.0727. The average molecular weight is 422 g/mol. The summed E-state index contributed by atoms with van der Waals surface area (Å²) in [5, 5.41) is 9.03. The summed E-state index contributed by atoms with van der Waals surface area (Å²) in [7, 11) is 0. The van der Waals surface area contributed by atoms with Crippen molar-refractivity contribution in [3.05, 3.63) is 53.3 Å². The van der Waals surface area contributed by atoms with E-state index in [9.17, 15) is 18.0 Å². The summed E-state index contributed by atoms with van der Waals surface area (Å²) < 4.78 is 41.4. The first kappa shape index (κ1) is 21.2. The van der Waals surface area contributed by atoms with Gasteiger partial charge in [-0.05, 0) is 26.8 Å². The van der Waals surface area contributed by atoms with Crippen molar-refractivity contribution in [3.8, 4) is 11.4 Å². The molecule has 3 rings (SSSR count). The number of ketones is 1. The quantitative estimate of drug-likeness (QED) is 0.401. The van der Waals surface area contributed by atoms with Gasteiger partial charge in [-0.1, -0.05) is 42.1 Å². The largest absolute Gasteiger partial charge is 0.406 e. The summed E-state index contributed by atoms with van der Waals surface area (Å²) in [5.74, 6) is 0.554. The van der Waals surface area contributed by atoms with Gasteiger partial charge in [0, 0.05) is 29.1 Å². The van der Waals surface area contributed by atoms with Crippen LogP contribution in [0.1, 0.15) is 28.7 Å². The van der Waals surface area contributed by atoms with Crippen LogP contribution >= 0.6 is 11.8 Å². The Labute approximate surface area is 170 Å². The van der Waals surface area contributed by atoms with Crippen molar-refractivity contribution < 1.29 is 18.0 Å². The smallest absolute Gasteiger partial charge is 0.339 e. The molecule has 0 bridgehead atoms. The molecule has 0 aliphatic rings. The van der Waals surface area contributed by atoms with Gasteiger partial charge in [0.2, 0.25) is 0 Å². The van der Waals surface area contributed by atoms with Gasteiger partial charge in [-0.3, -0.25) is 4.79 Å². The normalized spacial score (nSPS) is 11.8. The van der Waals surface area contributed by atoms with E-state index >= 15 is 0 Å². The first-order valence-electron chi connectivity index (χ1n) is 9.09. The van der Waals surface area contributed by atoms with Crippen LogP contribution in [0.5, 0.6) is 0 Å². The molecule has 154 valence electrons. The van der Waals surface area contributed by atoms with Crippen LogP contribution in [0.15, 0.2) is 41.6 Å². The molecule has 0 fully saturated rings. The minimum Gasteiger partial charge on any atom is -0.339 e. The third kappa shape index (κ3) is 4.72. The Morgan fingerprint density at radius 3 is 2.41 bits per heavy atom. The zero-order valence-electron chi connectivity index (χ0n) is 16.3.